The highest BCUT2D eigenvalue weighted by Gasteiger charge is 2.10. The van der Waals surface area contributed by atoms with Crippen LogP contribution in [0.4, 0.5) is 0 Å². The van der Waals surface area contributed by atoms with Crippen molar-refractivity contribution < 1.29 is 4.42 Å². The minimum Gasteiger partial charge on any atom is -0.431 e. The lowest BCUT2D eigenvalue weighted by atomic mass is 10.1. The Kier molecular flexibility index (Phi) is 4.51. The average molecular weight is 314 g/mol. The van der Waals surface area contributed by atoms with E-state index in [9.17, 15) is 0 Å². The van der Waals surface area contributed by atoms with E-state index >= 15 is 0 Å². The molecule has 1 aromatic carbocycles. The third kappa shape index (κ3) is 3.05. The van der Waals surface area contributed by atoms with Gasteiger partial charge in [0.1, 0.15) is 5.52 Å². The number of unbranched alkanes of at least 4 members (excludes halogenated alkanes) is 3. The second-order valence-corrected chi connectivity index (χ2v) is 5.37. The van der Waals surface area contributed by atoms with E-state index < -0.39 is 0 Å². The molecular weight excluding hydrogens is 298 g/mol. The predicted octanol–water partition coefficient (Wildman–Crippen LogP) is 5.00. The summed E-state index contributed by atoms with van der Waals surface area (Å²) in [5.74, 6) is 0. The van der Waals surface area contributed by atoms with E-state index in [1.807, 2.05) is 6.07 Å². The van der Waals surface area contributed by atoms with Gasteiger partial charge >= 0.3 is 0 Å². The van der Waals surface area contributed by atoms with Gasteiger partial charge in [-0.05, 0) is 40.4 Å². The average Bonchev–Trinajstić information content (AvgIpc) is 2.69. The first kappa shape index (κ1) is 13.0. The molecule has 92 valence electrons. The molecule has 0 aliphatic carbocycles. The summed E-state index contributed by atoms with van der Waals surface area (Å²) < 4.78 is 6.42. The molecule has 4 heteroatoms. The minimum atomic E-state index is 0.420. The van der Waals surface area contributed by atoms with E-state index in [4.69, 9.17) is 4.42 Å². The lowest BCUT2D eigenvalue weighted by Crippen LogP contribution is -1.88. The Morgan fingerprint density at radius 3 is 2.88 bits per heavy atom. The molecule has 0 bridgehead atoms. The van der Waals surface area contributed by atoms with E-state index in [-0.39, 0.29) is 0 Å². The van der Waals surface area contributed by atoms with Crippen LogP contribution in [0.15, 0.2) is 26.2 Å². The Bertz CT molecular complexity index is 509. The SMILES string of the molecule is CCCCCCc1ccc2oc(S)nc2c1Br. The number of hydrogen-bond acceptors (Lipinski definition) is 3. The van der Waals surface area contributed by atoms with Crippen LogP contribution in [0.1, 0.15) is 38.2 Å². The van der Waals surface area contributed by atoms with Gasteiger partial charge in [0.2, 0.25) is 0 Å². The van der Waals surface area contributed by atoms with Gasteiger partial charge in [-0.15, -0.1) is 0 Å². The molecule has 0 aliphatic rings. The molecule has 2 rings (SSSR count). The molecule has 17 heavy (non-hydrogen) atoms. The number of hydrogen-bond donors (Lipinski definition) is 1. The van der Waals surface area contributed by atoms with Crippen molar-refractivity contribution in [2.75, 3.05) is 0 Å². The third-order valence-corrected chi connectivity index (χ3v) is 3.94. The third-order valence-electron chi connectivity index (χ3n) is 2.87. The van der Waals surface area contributed by atoms with Gasteiger partial charge in [-0.25, -0.2) is 4.98 Å². The first-order valence-electron chi connectivity index (χ1n) is 5.99. The van der Waals surface area contributed by atoms with Crippen LogP contribution in [0.2, 0.25) is 0 Å². The number of fused-ring (bicyclic) bond motifs is 1. The van der Waals surface area contributed by atoms with Crippen LogP contribution < -0.4 is 0 Å². The van der Waals surface area contributed by atoms with Crippen molar-refractivity contribution >= 4 is 39.7 Å². The van der Waals surface area contributed by atoms with E-state index in [0.717, 1.165) is 22.0 Å². The quantitative estimate of drug-likeness (QED) is 0.621. The molecular formula is C13H16BrNOS. The molecule has 1 heterocycles. The van der Waals surface area contributed by atoms with Crippen LogP contribution in [0.5, 0.6) is 0 Å². The monoisotopic (exact) mass is 313 g/mol. The maximum absolute atomic E-state index is 5.37. The molecule has 2 nitrogen and oxygen atoms in total. The van der Waals surface area contributed by atoms with Gasteiger partial charge in [0.05, 0.1) is 4.47 Å². The van der Waals surface area contributed by atoms with Gasteiger partial charge in [-0.3, -0.25) is 0 Å². The standard InChI is InChI=1S/C13H16BrNOS/c1-2-3-4-5-6-9-7-8-10-12(11(9)14)15-13(17)16-10/h7-8H,2-6H2,1H3,(H,15,17). The van der Waals surface area contributed by atoms with E-state index in [0.29, 0.717) is 5.22 Å². The molecule has 0 amide bonds. The molecule has 0 saturated carbocycles. The molecule has 0 atom stereocenters. The van der Waals surface area contributed by atoms with Crippen molar-refractivity contribution in [1.29, 1.82) is 0 Å². The summed E-state index contributed by atoms with van der Waals surface area (Å²) in [7, 11) is 0. The molecule has 0 unspecified atom stereocenters. The van der Waals surface area contributed by atoms with Gasteiger partial charge in [0.25, 0.3) is 5.22 Å². The van der Waals surface area contributed by atoms with Crippen LogP contribution in [0, 0.1) is 0 Å². The molecule has 0 saturated heterocycles. The summed E-state index contributed by atoms with van der Waals surface area (Å²) >= 11 is 7.73. The fourth-order valence-electron chi connectivity index (χ4n) is 1.93. The Morgan fingerprint density at radius 1 is 1.29 bits per heavy atom. The first-order chi connectivity index (χ1) is 8.22. The van der Waals surface area contributed by atoms with Gasteiger partial charge in [-0.1, -0.05) is 44.9 Å². The molecule has 0 radical (unpaired) electrons. The zero-order valence-corrected chi connectivity index (χ0v) is 12.4. The summed E-state index contributed by atoms with van der Waals surface area (Å²) in [6.07, 6.45) is 6.18. The Morgan fingerprint density at radius 2 is 2.12 bits per heavy atom. The highest BCUT2D eigenvalue weighted by atomic mass is 79.9. The summed E-state index contributed by atoms with van der Waals surface area (Å²) in [5, 5.41) is 0.420. The van der Waals surface area contributed by atoms with Crippen LogP contribution >= 0.6 is 28.6 Å². The van der Waals surface area contributed by atoms with Crippen molar-refractivity contribution in [2.24, 2.45) is 0 Å². The number of oxazole rings is 1. The topological polar surface area (TPSA) is 26.0 Å². The zero-order valence-electron chi connectivity index (χ0n) is 9.87. The highest BCUT2D eigenvalue weighted by molar-refractivity contribution is 9.10. The largest absolute Gasteiger partial charge is 0.431 e. The predicted molar refractivity (Wildman–Crippen MR) is 76.8 cm³/mol. The van der Waals surface area contributed by atoms with E-state index in [1.54, 1.807) is 0 Å². The fourth-order valence-corrected chi connectivity index (χ4v) is 2.74. The van der Waals surface area contributed by atoms with Crippen LogP contribution in [-0.4, -0.2) is 4.98 Å². The van der Waals surface area contributed by atoms with Crippen molar-refractivity contribution in [3.8, 4) is 0 Å². The van der Waals surface area contributed by atoms with Gasteiger partial charge in [0, 0.05) is 0 Å². The van der Waals surface area contributed by atoms with Crippen molar-refractivity contribution in [3.63, 3.8) is 0 Å². The van der Waals surface area contributed by atoms with Crippen molar-refractivity contribution in [1.82, 2.24) is 4.98 Å². The van der Waals surface area contributed by atoms with Gasteiger partial charge < -0.3 is 4.42 Å². The number of thiol groups is 1. The van der Waals surface area contributed by atoms with E-state index in [1.165, 1.54) is 31.2 Å². The molecule has 0 aliphatic heterocycles. The summed E-state index contributed by atoms with van der Waals surface area (Å²) in [5.41, 5.74) is 2.97. The Labute approximate surface area is 115 Å². The first-order valence-corrected chi connectivity index (χ1v) is 7.23. The maximum Gasteiger partial charge on any atom is 0.253 e. The number of benzene rings is 1. The number of aryl methyl sites for hydroxylation is 1. The Balaban J connectivity index is 2.15. The second kappa shape index (κ2) is 5.91. The van der Waals surface area contributed by atoms with Crippen LogP contribution in [-0.2, 0) is 6.42 Å². The molecule has 0 spiro atoms. The van der Waals surface area contributed by atoms with Gasteiger partial charge in [0.15, 0.2) is 5.58 Å². The normalized spacial score (nSPS) is 11.2. The summed E-state index contributed by atoms with van der Waals surface area (Å²) in [6, 6.07) is 4.08. The molecule has 0 N–H and O–H groups in total. The molecule has 0 fully saturated rings. The Hall–Kier alpha value is -0.480. The number of nitrogens with zero attached hydrogens (tertiary/aromatic N) is 1. The van der Waals surface area contributed by atoms with Crippen molar-refractivity contribution in [3.05, 3.63) is 22.2 Å². The van der Waals surface area contributed by atoms with Gasteiger partial charge in [-0.2, -0.15) is 0 Å². The lowest BCUT2D eigenvalue weighted by molar-refractivity contribution is 0.492. The van der Waals surface area contributed by atoms with Crippen molar-refractivity contribution in [2.45, 2.75) is 44.3 Å². The number of aromatic nitrogens is 1. The number of rotatable bonds is 5. The highest BCUT2D eigenvalue weighted by Crippen LogP contribution is 2.29. The van der Waals surface area contributed by atoms with Crippen LogP contribution in [0.3, 0.4) is 0 Å². The second-order valence-electron chi connectivity index (χ2n) is 4.19. The minimum absolute atomic E-state index is 0.420. The fraction of sp³-hybridized carbons (Fsp3) is 0.462. The smallest absolute Gasteiger partial charge is 0.253 e. The lowest BCUT2D eigenvalue weighted by Gasteiger charge is -2.04. The zero-order chi connectivity index (χ0) is 12.3. The number of halogens is 1. The summed E-state index contributed by atoms with van der Waals surface area (Å²) in [6.45, 7) is 2.23. The van der Waals surface area contributed by atoms with Crippen LogP contribution in [0.25, 0.3) is 11.1 Å². The van der Waals surface area contributed by atoms with E-state index in [2.05, 4.69) is 46.5 Å². The molecule has 2 aromatic rings. The molecule has 1 aromatic heterocycles. The summed E-state index contributed by atoms with van der Waals surface area (Å²) in [4.78, 5) is 4.27. The maximum atomic E-state index is 5.37.